The molecular weight excluding hydrogens is 433 g/mol. The topological polar surface area (TPSA) is 106 Å². The summed E-state index contributed by atoms with van der Waals surface area (Å²) in [6.45, 7) is 4.09. The van der Waals surface area contributed by atoms with Crippen LogP contribution in [-0.2, 0) is 0 Å². The van der Waals surface area contributed by atoms with Crippen molar-refractivity contribution in [1.29, 1.82) is 0 Å². The number of benzene rings is 1. The number of ether oxygens (including phenoxy) is 2. The van der Waals surface area contributed by atoms with Gasteiger partial charge in [-0.15, -0.1) is 13.2 Å². The minimum atomic E-state index is -4.76. The quantitative estimate of drug-likeness (QED) is 0.519. The Hall–Kier alpha value is -3.57. The molecule has 0 unspecified atom stereocenters. The molecule has 12 heteroatoms. The zero-order valence-electron chi connectivity index (χ0n) is 17.3. The van der Waals surface area contributed by atoms with E-state index in [4.69, 9.17) is 14.7 Å². The minimum absolute atomic E-state index is 0.161. The smallest absolute Gasteiger partial charge is 0.474 e. The number of oxime groups is 1. The Labute approximate surface area is 181 Å². The zero-order valence-corrected chi connectivity index (χ0v) is 17.3. The van der Waals surface area contributed by atoms with Crippen LogP contribution in [0.4, 0.5) is 18.0 Å². The molecule has 1 aliphatic rings. The lowest BCUT2D eigenvalue weighted by Gasteiger charge is -2.30. The van der Waals surface area contributed by atoms with Crippen LogP contribution < -0.4 is 14.3 Å². The van der Waals surface area contributed by atoms with Crippen LogP contribution in [0.3, 0.4) is 0 Å². The summed E-state index contributed by atoms with van der Waals surface area (Å²) in [6, 6.07) is 5.21. The second-order valence-corrected chi connectivity index (χ2v) is 7.04. The summed E-state index contributed by atoms with van der Waals surface area (Å²) in [7, 11) is 0. The van der Waals surface area contributed by atoms with Crippen LogP contribution in [0.1, 0.15) is 30.9 Å². The van der Waals surface area contributed by atoms with E-state index in [9.17, 15) is 18.0 Å². The van der Waals surface area contributed by atoms with Crippen molar-refractivity contribution in [3.63, 3.8) is 0 Å². The van der Waals surface area contributed by atoms with Crippen molar-refractivity contribution in [2.24, 2.45) is 5.16 Å². The molecule has 0 saturated carbocycles. The van der Waals surface area contributed by atoms with Crippen molar-refractivity contribution in [3.8, 4) is 17.5 Å². The fraction of sp³-hybridized carbons (Fsp3) is 0.400. The van der Waals surface area contributed by atoms with Crippen LogP contribution >= 0.6 is 0 Å². The van der Waals surface area contributed by atoms with Crippen LogP contribution in [0.2, 0.25) is 0 Å². The number of aromatic nitrogens is 2. The maximum atomic E-state index is 12.3. The molecule has 0 atom stereocenters. The summed E-state index contributed by atoms with van der Waals surface area (Å²) < 4.78 is 46.5. The Kier molecular flexibility index (Phi) is 7.01. The van der Waals surface area contributed by atoms with Gasteiger partial charge in [-0.25, -0.2) is 9.78 Å². The van der Waals surface area contributed by atoms with Gasteiger partial charge in [-0.3, -0.25) is 0 Å². The first kappa shape index (κ1) is 23.1. The van der Waals surface area contributed by atoms with Crippen molar-refractivity contribution in [2.75, 3.05) is 13.1 Å². The number of rotatable bonds is 6. The number of amides is 1. The summed E-state index contributed by atoms with van der Waals surface area (Å²) in [6.07, 6.45) is -3.55. The second kappa shape index (κ2) is 9.71. The maximum absolute atomic E-state index is 12.3. The number of piperidine rings is 1. The Morgan fingerprint density at radius 2 is 1.78 bits per heavy atom. The number of hydrogen-bond acceptors (Lipinski definition) is 7. The van der Waals surface area contributed by atoms with E-state index in [2.05, 4.69) is 19.9 Å². The molecule has 1 aromatic heterocycles. The molecule has 0 radical (unpaired) electrons. The number of halogens is 3. The molecule has 0 bridgehead atoms. The molecule has 172 valence electrons. The Morgan fingerprint density at radius 1 is 1.16 bits per heavy atom. The molecule has 3 rings (SSSR count). The number of carboxylic acid groups (broad SMARTS) is 1. The average molecular weight is 454 g/mol. The van der Waals surface area contributed by atoms with E-state index < -0.39 is 12.5 Å². The third-order valence-corrected chi connectivity index (χ3v) is 4.76. The van der Waals surface area contributed by atoms with E-state index in [0.29, 0.717) is 48.6 Å². The monoisotopic (exact) mass is 454 g/mol. The first-order chi connectivity index (χ1) is 15.1. The van der Waals surface area contributed by atoms with Gasteiger partial charge in [0.25, 0.3) is 5.88 Å². The van der Waals surface area contributed by atoms with Crippen molar-refractivity contribution in [1.82, 2.24) is 14.9 Å². The third kappa shape index (κ3) is 6.22. The van der Waals surface area contributed by atoms with E-state index in [1.165, 1.54) is 35.5 Å². The van der Waals surface area contributed by atoms with E-state index in [-0.39, 0.29) is 17.7 Å². The number of alkyl halides is 3. The van der Waals surface area contributed by atoms with Gasteiger partial charge in [-0.1, -0.05) is 5.16 Å². The highest BCUT2D eigenvalue weighted by Gasteiger charge is 2.31. The molecule has 1 aliphatic heterocycles. The molecule has 9 nitrogen and oxygen atoms in total. The highest BCUT2D eigenvalue weighted by atomic mass is 19.4. The van der Waals surface area contributed by atoms with Gasteiger partial charge < -0.3 is 24.3 Å². The molecule has 1 saturated heterocycles. The lowest BCUT2D eigenvalue weighted by molar-refractivity contribution is -0.274. The van der Waals surface area contributed by atoms with Crippen LogP contribution in [0.25, 0.3) is 0 Å². The van der Waals surface area contributed by atoms with E-state index in [1.807, 2.05) is 0 Å². The Balaban J connectivity index is 1.63. The van der Waals surface area contributed by atoms with Crippen molar-refractivity contribution in [3.05, 3.63) is 41.7 Å². The molecule has 1 amide bonds. The van der Waals surface area contributed by atoms with Crippen LogP contribution in [0.15, 0.2) is 35.7 Å². The highest BCUT2D eigenvalue weighted by molar-refractivity contribution is 5.98. The SMILES string of the molecule is C/C(=N/Oc1ncnc(OC2CCN(C(=O)O)CC2)c1C)c1ccc(OC(F)(F)F)cc1. The van der Waals surface area contributed by atoms with Gasteiger partial charge in [-0.2, -0.15) is 4.98 Å². The number of nitrogens with zero attached hydrogens (tertiary/aromatic N) is 4. The van der Waals surface area contributed by atoms with Crippen molar-refractivity contribution < 1.29 is 37.4 Å². The van der Waals surface area contributed by atoms with Crippen LogP contribution in [0.5, 0.6) is 17.5 Å². The summed E-state index contributed by atoms with van der Waals surface area (Å²) in [5.41, 5.74) is 1.46. The summed E-state index contributed by atoms with van der Waals surface area (Å²) in [5.74, 6) is 0.136. The van der Waals surface area contributed by atoms with E-state index in [1.54, 1.807) is 13.8 Å². The molecule has 1 aromatic carbocycles. The maximum Gasteiger partial charge on any atom is 0.573 e. The molecule has 0 spiro atoms. The van der Waals surface area contributed by atoms with Gasteiger partial charge in [0.2, 0.25) is 5.88 Å². The average Bonchev–Trinajstić information content (AvgIpc) is 2.74. The van der Waals surface area contributed by atoms with Crippen molar-refractivity contribution in [2.45, 2.75) is 39.2 Å². The largest absolute Gasteiger partial charge is 0.573 e. The predicted octanol–water partition coefficient (Wildman–Crippen LogP) is 4.01. The minimum Gasteiger partial charge on any atom is -0.474 e. The molecule has 1 fully saturated rings. The zero-order chi connectivity index (χ0) is 23.3. The lowest BCUT2D eigenvalue weighted by atomic mass is 10.1. The van der Waals surface area contributed by atoms with E-state index in [0.717, 1.165) is 0 Å². The number of likely N-dealkylation sites (tertiary alicyclic amines) is 1. The van der Waals surface area contributed by atoms with Gasteiger partial charge in [0.15, 0.2) is 0 Å². The molecule has 1 N–H and O–H groups in total. The lowest BCUT2D eigenvalue weighted by Crippen LogP contribution is -2.41. The fourth-order valence-corrected chi connectivity index (χ4v) is 3.01. The van der Waals surface area contributed by atoms with Gasteiger partial charge in [0.05, 0.1) is 11.3 Å². The van der Waals surface area contributed by atoms with Crippen LogP contribution in [0, 0.1) is 6.92 Å². The van der Waals surface area contributed by atoms with Gasteiger partial charge >= 0.3 is 12.5 Å². The molecule has 2 heterocycles. The first-order valence-corrected chi connectivity index (χ1v) is 9.66. The molecule has 2 aromatic rings. The molecule has 32 heavy (non-hydrogen) atoms. The number of hydrogen-bond donors (Lipinski definition) is 1. The van der Waals surface area contributed by atoms with Gasteiger partial charge in [0.1, 0.15) is 18.2 Å². The predicted molar refractivity (Wildman–Crippen MR) is 106 cm³/mol. The third-order valence-electron chi connectivity index (χ3n) is 4.76. The standard InChI is InChI=1S/C20H21F3N4O5/c1-12-17(30-15-7-9-27(10-8-15)19(28)29)24-11-25-18(12)32-26-13(2)14-3-5-16(6-4-14)31-20(21,22)23/h3-6,11,15H,7-10H2,1-2H3,(H,28,29)/b26-13-. The first-order valence-electron chi connectivity index (χ1n) is 9.66. The van der Waals surface area contributed by atoms with E-state index >= 15 is 0 Å². The Morgan fingerprint density at radius 3 is 2.38 bits per heavy atom. The molecule has 0 aliphatic carbocycles. The summed E-state index contributed by atoms with van der Waals surface area (Å²) >= 11 is 0. The van der Waals surface area contributed by atoms with Crippen molar-refractivity contribution >= 4 is 11.8 Å². The van der Waals surface area contributed by atoms with Gasteiger partial charge in [-0.05, 0) is 43.7 Å². The molecular formula is C20H21F3N4O5. The van der Waals surface area contributed by atoms with Gasteiger partial charge in [0, 0.05) is 25.9 Å². The second-order valence-electron chi connectivity index (χ2n) is 7.04. The highest BCUT2D eigenvalue weighted by Crippen LogP contribution is 2.26. The summed E-state index contributed by atoms with van der Waals surface area (Å²) in [5, 5.41) is 13.0. The number of carbonyl (C=O) groups is 1. The Bertz CT molecular complexity index is 974. The fourth-order valence-electron chi connectivity index (χ4n) is 3.01. The normalized spacial score (nSPS) is 15.4. The van der Waals surface area contributed by atoms with Crippen LogP contribution in [-0.4, -0.2) is 57.3 Å². The summed E-state index contributed by atoms with van der Waals surface area (Å²) in [4.78, 5) is 25.9.